The van der Waals surface area contributed by atoms with Crippen LogP contribution in [0.4, 0.5) is 0 Å². The van der Waals surface area contributed by atoms with E-state index in [9.17, 15) is 4.79 Å². The van der Waals surface area contributed by atoms with Crippen LogP contribution in [-0.2, 0) is 5.41 Å². The summed E-state index contributed by atoms with van der Waals surface area (Å²) in [7, 11) is 3.13. The van der Waals surface area contributed by atoms with E-state index in [2.05, 4.69) is 13.8 Å². The maximum Gasteiger partial charge on any atom is 0.336 e. The number of ether oxygens (including phenoxy) is 3. The molecule has 0 bridgehead atoms. The number of hydrogen-bond donors (Lipinski definition) is 0. The summed E-state index contributed by atoms with van der Waals surface area (Å²) >= 11 is 0. The van der Waals surface area contributed by atoms with Gasteiger partial charge in [-0.15, -0.1) is 0 Å². The molecule has 5 nitrogen and oxygen atoms in total. The van der Waals surface area contributed by atoms with E-state index in [1.165, 1.54) is 6.07 Å². The fourth-order valence-electron chi connectivity index (χ4n) is 2.84. The largest absolute Gasteiger partial charge is 0.492 e. The molecule has 1 aromatic carbocycles. The Hall–Kier alpha value is -2.17. The topological polar surface area (TPSA) is 57.9 Å². The summed E-state index contributed by atoms with van der Waals surface area (Å²) in [6, 6.07) is 3.07. The number of hydrogen-bond acceptors (Lipinski definition) is 5. The predicted molar refractivity (Wildman–Crippen MR) is 78.7 cm³/mol. The average Bonchev–Trinajstić information content (AvgIpc) is 2.68. The molecule has 3 rings (SSSR count). The molecule has 2 heterocycles. The van der Waals surface area contributed by atoms with Crippen LogP contribution in [0.15, 0.2) is 21.3 Å². The zero-order chi connectivity index (χ0) is 15.4. The highest BCUT2D eigenvalue weighted by Gasteiger charge is 2.44. The van der Waals surface area contributed by atoms with Crippen molar-refractivity contribution >= 4 is 11.0 Å². The van der Waals surface area contributed by atoms with E-state index in [-0.39, 0.29) is 11.5 Å². The lowest BCUT2D eigenvalue weighted by Gasteiger charge is -2.22. The predicted octanol–water partition coefficient (Wildman–Crippen LogP) is 2.87. The molecular weight excluding hydrogens is 272 g/mol. The Morgan fingerprint density at radius 1 is 1.14 bits per heavy atom. The smallest absolute Gasteiger partial charge is 0.336 e. The van der Waals surface area contributed by atoms with Gasteiger partial charge in [0.1, 0.15) is 11.7 Å². The fraction of sp³-hybridized carbons (Fsp3) is 0.438. The molecule has 5 heteroatoms. The van der Waals surface area contributed by atoms with Crippen LogP contribution < -0.4 is 19.8 Å². The molecule has 0 unspecified atom stereocenters. The molecule has 2 aromatic rings. The highest BCUT2D eigenvalue weighted by Crippen LogP contribution is 2.55. The van der Waals surface area contributed by atoms with Gasteiger partial charge in [0.15, 0.2) is 11.5 Å². The number of fused-ring (bicyclic) bond motifs is 3. The monoisotopic (exact) mass is 290 g/mol. The minimum atomic E-state index is -0.396. The summed E-state index contributed by atoms with van der Waals surface area (Å²) < 4.78 is 22.4. The van der Waals surface area contributed by atoms with E-state index >= 15 is 0 Å². The Bertz CT molecular complexity index is 772. The average molecular weight is 290 g/mol. The molecular formula is C16H18O5. The lowest BCUT2D eigenvalue weighted by Crippen LogP contribution is -2.29. The van der Waals surface area contributed by atoms with Crippen molar-refractivity contribution in [2.75, 3.05) is 14.2 Å². The molecule has 1 aliphatic heterocycles. The van der Waals surface area contributed by atoms with Gasteiger partial charge in [-0.1, -0.05) is 13.8 Å². The molecule has 0 fully saturated rings. The lowest BCUT2D eigenvalue weighted by molar-refractivity contribution is 0.180. The third-order valence-corrected chi connectivity index (χ3v) is 4.31. The molecule has 112 valence electrons. The minimum absolute atomic E-state index is 0.0674. The summed E-state index contributed by atoms with van der Waals surface area (Å²) in [5.74, 6) is 1.64. The first kappa shape index (κ1) is 13.8. The van der Waals surface area contributed by atoms with Crippen molar-refractivity contribution in [1.29, 1.82) is 0 Å². The third kappa shape index (κ3) is 1.73. The molecule has 21 heavy (non-hydrogen) atoms. The zero-order valence-electron chi connectivity index (χ0n) is 12.8. The minimum Gasteiger partial charge on any atom is -0.492 e. The van der Waals surface area contributed by atoms with Gasteiger partial charge in [-0.2, -0.15) is 0 Å². The second-order valence-electron chi connectivity index (χ2n) is 5.75. The summed E-state index contributed by atoms with van der Waals surface area (Å²) in [5.41, 5.74) is 0.655. The van der Waals surface area contributed by atoms with Gasteiger partial charge < -0.3 is 18.6 Å². The lowest BCUT2D eigenvalue weighted by atomic mass is 9.80. The van der Waals surface area contributed by atoms with E-state index < -0.39 is 5.63 Å². The SMILES string of the molecule is COc1c2c(c3oc(=O)ccc3c1OC)C(C)(C)[C@H](C)O2. The maximum atomic E-state index is 11.7. The molecule has 1 aliphatic rings. The van der Waals surface area contributed by atoms with Crippen LogP contribution >= 0.6 is 0 Å². The molecule has 0 amide bonds. The highest BCUT2D eigenvalue weighted by molar-refractivity contribution is 5.93. The van der Waals surface area contributed by atoms with Crippen molar-refractivity contribution in [2.24, 2.45) is 0 Å². The molecule has 0 spiro atoms. The van der Waals surface area contributed by atoms with E-state index in [4.69, 9.17) is 18.6 Å². The highest BCUT2D eigenvalue weighted by atomic mass is 16.5. The summed E-state index contributed by atoms with van der Waals surface area (Å²) in [5, 5.41) is 0.707. The van der Waals surface area contributed by atoms with Crippen LogP contribution in [-0.4, -0.2) is 20.3 Å². The Morgan fingerprint density at radius 3 is 2.43 bits per heavy atom. The van der Waals surface area contributed by atoms with Crippen molar-refractivity contribution in [3.05, 3.63) is 28.1 Å². The third-order valence-electron chi connectivity index (χ3n) is 4.31. The summed E-state index contributed by atoms with van der Waals surface area (Å²) in [4.78, 5) is 11.7. The second-order valence-corrected chi connectivity index (χ2v) is 5.75. The first-order chi connectivity index (χ1) is 9.91. The Balaban J connectivity index is 2.54. The molecule has 0 aliphatic carbocycles. The van der Waals surface area contributed by atoms with Crippen molar-refractivity contribution < 1.29 is 18.6 Å². The first-order valence-corrected chi connectivity index (χ1v) is 6.80. The van der Waals surface area contributed by atoms with E-state index in [1.54, 1.807) is 20.3 Å². The van der Waals surface area contributed by atoms with Crippen LogP contribution in [0.2, 0.25) is 0 Å². The van der Waals surface area contributed by atoms with Crippen molar-refractivity contribution in [3.8, 4) is 17.2 Å². The standard InChI is InChI=1S/C16H18O5/c1-8-16(2,3)11-12-9(6-7-10(17)21-12)13(18-4)15(19-5)14(11)20-8/h6-8H,1-5H3/t8-/m0/s1. The molecule has 1 aromatic heterocycles. The van der Waals surface area contributed by atoms with Crippen molar-refractivity contribution in [1.82, 2.24) is 0 Å². The molecule has 0 saturated heterocycles. The molecule has 1 atom stereocenters. The van der Waals surface area contributed by atoms with Crippen molar-refractivity contribution in [2.45, 2.75) is 32.3 Å². The van der Waals surface area contributed by atoms with Gasteiger partial charge in [-0.05, 0) is 13.0 Å². The second kappa shape index (κ2) is 4.41. The maximum absolute atomic E-state index is 11.7. The quantitative estimate of drug-likeness (QED) is 0.796. The van der Waals surface area contributed by atoms with Crippen LogP contribution in [0, 0.1) is 0 Å². The van der Waals surface area contributed by atoms with E-state index in [0.717, 1.165) is 5.56 Å². The van der Waals surface area contributed by atoms with Gasteiger partial charge in [-0.3, -0.25) is 0 Å². The molecule has 0 radical (unpaired) electrons. The van der Waals surface area contributed by atoms with Crippen LogP contribution in [0.25, 0.3) is 11.0 Å². The van der Waals surface area contributed by atoms with Gasteiger partial charge in [0, 0.05) is 11.5 Å². The van der Waals surface area contributed by atoms with Gasteiger partial charge in [-0.25, -0.2) is 4.79 Å². The molecule has 0 N–H and O–H groups in total. The Kier molecular flexibility index (Phi) is 2.90. The number of benzene rings is 1. The molecule has 0 saturated carbocycles. The fourth-order valence-corrected chi connectivity index (χ4v) is 2.84. The van der Waals surface area contributed by atoms with E-state index in [0.29, 0.717) is 28.2 Å². The number of rotatable bonds is 2. The van der Waals surface area contributed by atoms with Gasteiger partial charge in [0.2, 0.25) is 5.75 Å². The number of methoxy groups -OCH3 is 2. The van der Waals surface area contributed by atoms with Gasteiger partial charge >= 0.3 is 5.63 Å². The Morgan fingerprint density at radius 2 is 1.81 bits per heavy atom. The van der Waals surface area contributed by atoms with Crippen molar-refractivity contribution in [3.63, 3.8) is 0 Å². The first-order valence-electron chi connectivity index (χ1n) is 6.80. The summed E-state index contributed by atoms with van der Waals surface area (Å²) in [6.45, 7) is 6.10. The normalized spacial score (nSPS) is 19.2. The van der Waals surface area contributed by atoms with Gasteiger partial charge in [0.05, 0.1) is 25.2 Å². The van der Waals surface area contributed by atoms with E-state index in [1.807, 2.05) is 6.92 Å². The van der Waals surface area contributed by atoms with Crippen LogP contribution in [0.3, 0.4) is 0 Å². The Labute approximate surface area is 122 Å². The summed E-state index contributed by atoms with van der Waals surface area (Å²) in [6.07, 6.45) is -0.0674. The van der Waals surface area contributed by atoms with Gasteiger partial charge in [0.25, 0.3) is 0 Å². The zero-order valence-corrected chi connectivity index (χ0v) is 12.8. The van der Waals surface area contributed by atoms with Crippen LogP contribution in [0.1, 0.15) is 26.3 Å². The van der Waals surface area contributed by atoms with Crippen LogP contribution in [0.5, 0.6) is 17.2 Å².